The van der Waals surface area contributed by atoms with Gasteiger partial charge in [-0.15, -0.1) is 0 Å². The van der Waals surface area contributed by atoms with Gasteiger partial charge in [0, 0.05) is 16.8 Å². The molecule has 0 saturated heterocycles. The minimum absolute atomic E-state index is 0.000846. The van der Waals surface area contributed by atoms with Crippen LogP contribution in [0.3, 0.4) is 0 Å². The van der Waals surface area contributed by atoms with Gasteiger partial charge in [0.05, 0.1) is 4.92 Å². The Bertz CT molecular complexity index is 796. The summed E-state index contributed by atoms with van der Waals surface area (Å²) in [6.45, 7) is 3.39. The van der Waals surface area contributed by atoms with Crippen LogP contribution < -0.4 is 10.1 Å². The van der Waals surface area contributed by atoms with E-state index in [0.717, 1.165) is 5.56 Å². The van der Waals surface area contributed by atoms with Gasteiger partial charge >= 0.3 is 0 Å². The molecule has 0 aliphatic heterocycles. The summed E-state index contributed by atoms with van der Waals surface area (Å²) in [5.74, 6) is 0.0881. The number of aryl methyl sites for hydroxylation is 1. The van der Waals surface area contributed by atoms with E-state index in [-0.39, 0.29) is 16.4 Å². The highest BCUT2D eigenvalue weighted by molar-refractivity contribution is 6.32. The average molecular weight is 369 g/mol. The second kappa shape index (κ2) is 7.51. The minimum Gasteiger partial charge on any atom is -0.481 e. The third kappa shape index (κ3) is 4.37. The summed E-state index contributed by atoms with van der Waals surface area (Å²) in [7, 11) is 0. The summed E-state index contributed by atoms with van der Waals surface area (Å²) in [5.41, 5.74) is 0.778. The van der Waals surface area contributed by atoms with Crippen molar-refractivity contribution in [2.45, 2.75) is 20.0 Å². The van der Waals surface area contributed by atoms with E-state index < -0.39 is 16.9 Å². The number of nitrogens with zero attached hydrogens (tertiary/aromatic N) is 1. The second-order valence-electron chi connectivity index (χ2n) is 5.08. The van der Waals surface area contributed by atoms with E-state index in [2.05, 4.69) is 5.32 Å². The van der Waals surface area contributed by atoms with Crippen molar-refractivity contribution in [2.24, 2.45) is 0 Å². The fraction of sp³-hybridized carbons (Fsp3) is 0.188. The quantitative estimate of drug-likeness (QED) is 0.616. The number of carbonyl (C=O) groups is 1. The highest BCUT2D eigenvalue weighted by Gasteiger charge is 2.18. The van der Waals surface area contributed by atoms with Crippen LogP contribution in [0.25, 0.3) is 0 Å². The number of amides is 1. The molecule has 6 nitrogen and oxygen atoms in total. The molecule has 1 atom stereocenters. The number of benzene rings is 2. The van der Waals surface area contributed by atoms with Crippen molar-refractivity contribution in [3.8, 4) is 5.75 Å². The Labute approximate surface area is 148 Å². The number of halogens is 2. The summed E-state index contributed by atoms with van der Waals surface area (Å²) < 4.78 is 5.60. The lowest BCUT2D eigenvalue weighted by Crippen LogP contribution is -2.30. The molecule has 0 bridgehead atoms. The molecule has 0 fully saturated rings. The van der Waals surface area contributed by atoms with Crippen molar-refractivity contribution in [2.75, 3.05) is 5.32 Å². The molecule has 0 unspecified atom stereocenters. The molecule has 126 valence electrons. The number of nitro groups is 1. The summed E-state index contributed by atoms with van der Waals surface area (Å²) in [6, 6.07) is 9.09. The number of hydrogen-bond donors (Lipinski definition) is 1. The Morgan fingerprint density at radius 1 is 1.25 bits per heavy atom. The van der Waals surface area contributed by atoms with Crippen LogP contribution >= 0.6 is 23.2 Å². The number of anilines is 1. The molecule has 0 aliphatic carbocycles. The van der Waals surface area contributed by atoms with Gasteiger partial charge in [-0.25, -0.2) is 0 Å². The van der Waals surface area contributed by atoms with Crippen LogP contribution in [0.2, 0.25) is 10.0 Å². The monoisotopic (exact) mass is 368 g/mol. The molecular formula is C16H14Cl2N2O4. The lowest BCUT2D eigenvalue weighted by Gasteiger charge is -2.16. The van der Waals surface area contributed by atoms with Gasteiger partial charge in [0.15, 0.2) is 6.10 Å². The molecule has 0 spiro atoms. The van der Waals surface area contributed by atoms with Gasteiger partial charge in [0.25, 0.3) is 11.6 Å². The van der Waals surface area contributed by atoms with Crippen molar-refractivity contribution in [1.82, 2.24) is 0 Å². The van der Waals surface area contributed by atoms with Crippen LogP contribution in [-0.2, 0) is 4.79 Å². The smallest absolute Gasteiger partial charge is 0.289 e. The van der Waals surface area contributed by atoms with Crippen LogP contribution in [0, 0.1) is 17.0 Å². The Morgan fingerprint density at radius 2 is 1.96 bits per heavy atom. The standard InChI is InChI=1S/C16H14Cl2N2O4/c1-9-7-11(17)3-6-15(9)24-10(2)16(21)19-12-4-5-13(18)14(8-12)20(22)23/h3-8,10H,1-2H3,(H,19,21)/t10-/m0/s1. The molecule has 0 radical (unpaired) electrons. The van der Waals surface area contributed by atoms with E-state index in [1.165, 1.54) is 18.2 Å². The average Bonchev–Trinajstić information content (AvgIpc) is 2.51. The highest BCUT2D eigenvalue weighted by atomic mass is 35.5. The summed E-state index contributed by atoms with van der Waals surface area (Å²) in [4.78, 5) is 22.5. The Balaban J connectivity index is 2.09. The third-order valence-electron chi connectivity index (χ3n) is 3.22. The first-order valence-corrected chi connectivity index (χ1v) is 7.71. The van der Waals surface area contributed by atoms with Gasteiger partial charge in [-0.1, -0.05) is 23.2 Å². The summed E-state index contributed by atoms with van der Waals surface area (Å²) >= 11 is 11.6. The number of nitro benzene ring substituents is 1. The van der Waals surface area contributed by atoms with Gasteiger partial charge in [0.2, 0.25) is 0 Å². The van der Waals surface area contributed by atoms with Crippen LogP contribution in [0.4, 0.5) is 11.4 Å². The van der Waals surface area contributed by atoms with Gasteiger partial charge in [-0.3, -0.25) is 14.9 Å². The van der Waals surface area contributed by atoms with Crippen LogP contribution in [0.1, 0.15) is 12.5 Å². The lowest BCUT2D eigenvalue weighted by molar-refractivity contribution is -0.384. The number of rotatable bonds is 5. The van der Waals surface area contributed by atoms with E-state index in [1.54, 1.807) is 25.1 Å². The van der Waals surface area contributed by atoms with Crippen LogP contribution in [0.5, 0.6) is 5.75 Å². The molecule has 0 heterocycles. The van der Waals surface area contributed by atoms with E-state index in [4.69, 9.17) is 27.9 Å². The molecule has 1 N–H and O–H groups in total. The second-order valence-corrected chi connectivity index (χ2v) is 5.93. The number of nitrogens with one attached hydrogen (secondary N) is 1. The normalized spacial score (nSPS) is 11.7. The molecule has 8 heteroatoms. The zero-order chi connectivity index (χ0) is 17.9. The number of ether oxygens (including phenoxy) is 1. The van der Waals surface area contributed by atoms with Crippen LogP contribution in [0.15, 0.2) is 36.4 Å². The Hall–Kier alpha value is -2.31. The molecule has 1 amide bonds. The summed E-state index contributed by atoms with van der Waals surface area (Å²) in [5, 5.41) is 14.0. The molecule has 2 aromatic rings. The predicted octanol–water partition coefficient (Wildman–Crippen LogP) is 4.62. The first-order valence-electron chi connectivity index (χ1n) is 6.95. The fourth-order valence-corrected chi connectivity index (χ4v) is 2.38. The van der Waals surface area contributed by atoms with Crippen LogP contribution in [-0.4, -0.2) is 16.9 Å². The largest absolute Gasteiger partial charge is 0.481 e. The maximum Gasteiger partial charge on any atom is 0.289 e. The van der Waals surface area contributed by atoms with Crippen molar-refractivity contribution in [3.05, 3.63) is 62.1 Å². The first kappa shape index (κ1) is 18.0. The van der Waals surface area contributed by atoms with Crippen molar-refractivity contribution >= 4 is 40.5 Å². The highest BCUT2D eigenvalue weighted by Crippen LogP contribution is 2.28. The lowest BCUT2D eigenvalue weighted by atomic mass is 10.2. The zero-order valence-corrected chi connectivity index (χ0v) is 14.4. The van der Waals surface area contributed by atoms with Gasteiger partial charge in [-0.05, 0) is 49.7 Å². The molecular weight excluding hydrogens is 355 g/mol. The maximum atomic E-state index is 12.2. The van der Waals surface area contributed by atoms with Crippen molar-refractivity contribution in [1.29, 1.82) is 0 Å². The molecule has 0 saturated carbocycles. The summed E-state index contributed by atoms with van der Waals surface area (Å²) in [6.07, 6.45) is -0.806. The predicted molar refractivity (Wildman–Crippen MR) is 93.0 cm³/mol. The molecule has 2 aromatic carbocycles. The molecule has 0 aromatic heterocycles. The van der Waals surface area contributed by atoms with Crippen molar-refractivity contribution < 1.29 is 14.5 Å². The molecule has 24 heavy (non-hydrogen) atoms. The number of hydrogen-bond acceptors (Lipinski definition) is 4. The fourth-order valence-electron chi connectivity index (χ4n) is 1.96. The van der Waals surface area contributed by atoms with Crippen molar-refractivity contribution in [3.63, 3.8) is 0 Å². The van der Waals surface area contributed by atoms with E-state index in [0.29, 0.717) is 10.8 Å². The van der Waals surface area contributed by atoms with E-state index in [9.17, 15) is 14.9 Å². The molecule has 2 rings (SSSR count). The zero-order valence-electron chi connectivity index (χ0n) is 12.9. The Kier molecular flexibility index (Phi) is 5.64. The van der Waals surface area contributed by atoms with Gasteiger partial charge in [-0.2, -0.15) is 0 Å². The van der Waals surface area contributed by atoms with Gasteiger partial charge < -0.3 is 10.1 Å². The van der Waals surface area contributed by atoms with E-state index in [1.807, 2.05) is 6.92 Å². The molecule has 0 aliphatic rings. The SMILES string of the molecule is Cc1cc(Cl)ccc1O[C@@H](C)C(=O)Nc1ccc(Cl)c([N+](=O)[O-])c1. The van der Waals surface area contributed by atoms with Gasteiger partial charge in [0.1, 0.15) is 10.8 Å². The topological polar surface area (TPSA) is 81.5 Å². The maximum absolute atomic E-state index is 12.2. The Morgan fingerprint density at radius 3 is 2.58 bits per heavy atom. The van der Waals surface area contributed by atoms with E-state index >= 15 is 0 Å². The third-order valence-corrected chi connectivity index (χ3v) is 3.78. The minimum atomic E-state index is -0.806. The number of carbonyl (C=O) groups excluding carboxylic acids is 1. The first-order chi connectivity index (χ1) is 11.3.